The summed E-state index contributed by atoms with van der Waals surface area (Å²) in [6, 6.07) is 0. The van der Waals surface area contributed by atoms with Gasteiger partial charge in [0.25, 0.3) is 0 Å². The summed E-state index contributed by atoms with van der Waals surface area (Å²) < 4.78 is 12.4. The van der Waals surface area contributed by atoms with Crippen LogP contribution in [0.25, 0.3) is 0 Å². The van der Waals surface area contributed by atoms with Crippen molar-refractivity contribution in [1.29, 1.82) is 0 Å². The summed E-state index contributed by atoms with van der Waals surface area (Å²) in [6.07, 6.45) is 0. The number of aromatic amines is 2. The molecule has 2 aromatic rings. The molecule has 0 saturated carbocycles. The highest BCUT2D eigenvalue weighted by Gasteiger charge is 2.20. The van der Waals surface area contributed by atoms with E-state index in [1.807, 2.05) is 27.7 Å². The van der Waals surface area contributed by atoms with Crippen LogP contribution in [-0.4, -0.2) is 24.6 Å². The molecule has 86 valence electrons. The van der Waals surface area contributed by atoms with Gasteiger partial charge in [0, 0.05) is 11.4 Å². The molecule has 0 aliphatic carbocycles. The first kappa shape index (κ1) is 11.1. The number of nitrogens with one attached hydrogen (secondary N) is 2. The van der Waals surface area contributed by atoms with E-state index >= 15 is 0 Å². The Hall–Kier alpha value is -1.43. The first-order valence-electron chi connectivity index (χ1n) is 4.97. The molecule has 0 amide bonds. The van der Waals surface area contributed by atoms with Crippen molar-refractivity contribution in [3.8, 4) is 0 Å². The van der Waals surface area contributed by atoms with Crippen LogP contribution in [-0.2, 0) is 10.8 Å². The maximum absolute atomic E-state index is 12.4. The van der Waals surface area contributed by atoms with Gasteiger partial charge in [-0.05, 0) is 27.7 Å². The van der Waals surface area contributed by atoms with Gasteiger partial charge < -0.3 is 0 Å². The van der Waals surface area contributed by atoms with E-state index in [-0.39, 0.29) is 0 Å². The Morgan fingerprint density at radius 3 is 1.50 bits per heavy atom. The zero-order chi connectivity index (χ0) is 11.9. The fourth-order valence-electron chi connectivity index (χ4n) is 1.73. The van der Waals surface area contributed by atoms with Gasteiger partial charge in [-0.2, -0.15) is 10.2 Å². The molecule has 0 unspecified atom stereocenters. The predicted octanol–water partition coefficient (Wildman–Crippen LogP) is 1.53. The molecule has 2 rings (SSSR count). The van der Waals surface area contributed by atoms with Gasteiger partial charge in [0.05, 0.1) is 32.0 Å². The highest BCUT2D eigenvalue weighted by atomic mass is 32.2. The van der Waals surface area contributed by atoms with Crippen molar-refractivity contribution in [3.63, 3.8) is 0 Å². The number of hydrogen-bond acceptors (Lipinski definition) is 3. The first-order chi connectivity index (χ1) is 7.52. The van der Waals surface area contributed by atoms with Crippen molar-refractivity contribution in [2.45, 2.75) is 37.5 Å². The topological polar surface area (TPSA) is 74.4 Å². The second kappa shape index (κ2) is 3.86. The van der Waals surface area contributed by atoms with Crippen molar-refractivity contribution >= 4 is 10.8 Å². The van der Waals surface area contributed by atoms with Crippen LogP contribution in [0.4, 0.5) is 0 Å². The Morgan fingerprint density at radius 1 is 0.875 bits per heavy atom. The lowest BCUT2D eigenvalue weighted by Gasteiger charge is -2.02. The molecule has 0 bridgehead atoms. The van der Waals surface area contributed by atoms with Crippen molar-refractivity contribution in [2.24, 2.45) is 0 Å². The SMILES string of the molecule is Cc1n[nH]c(C)c1S(=O)c1c(C)n[nH]c1C. The summed E-state index contributed by atoms with van der Waals surface area (Å²) in [6.45, 7) is 7.44. The van der Waals surface area contributed by atoms with Gasteiger partial charge >= 0.3 is 0 Å². The molecule has 0 fully saturated rings. The number of H-pyrrole nitrogens is 2. The molecule has 6 heteroatoms. The van der Waals surface area contributed by atoms with E-state index in [2.05, 4.69) is 20.4 Å². The van der Waals surface area contributed by atoms with Crippen LogP contribution < -0.4 is 0 Å². The Labute approximate surface area is 96.1 Å². The van der Waals surface area contributed by atoms with E-state index in [0.717, 1.165) is 32.6 Å². The fourth-order valence-corrected chi connectivity index (χ4v) is 3.21. The van der Waals surface area contributed by atoms with Gasteiger partial charge in [-0.3, -0.25) is 10.2 Å². The third-order valence-electron chi connectivity index (χ3n) is 2.49. The number of rotatable bonds is 2. The van der Waals surface area contributed by atoms with Crippen LogP contribution in [0.3, 0.4) is 0 Å². The van der Waals surface area contributed by atoms with E-state index in [0.29, 0.717) is 0 Å². The molecular weight excluding hydrogens is 224 g/mol. The molecule has 0 aliphatic rings. The monoisotopic (exact) mass is 238 g/mol. The van der Waals surface area contributed by atoms with Crippen LogP contribution in [0.5, 0.6) is 0 Å². The lowest BCUT2D eigenvalue weighted by molar-refractivity contribution is 0.681. The zero-order valence-corrected chi connectivity index (χ0v) is 10.5. The van der Waals surface area contributed by atoms with Crippen LogP contribution in [0.1, 0.15) is 22.8 Å². The molecule has 2 N–H and O–H groups in total. The molecule has 5 nitrogen and oxygen atoms in total. The Balaban J connectivity index is 2.56. The fraction of sp³-hybridized carbons (Fsp3) is 0.400. The lowest BCUT2D eigenvalue weighted by Crippen LogP contribution is -1.98. The van der Waals surface area contributed by atoms with Crippen LogP contribution in [0, 0.1) is 27.7 Å². The van der Waals surface area contributed by atoms with E-state index in [4.69, 9.17) is 0 Å². The largest absolute Gasteiger partial charge is 0.281 e. The molecule has 0 spiro atoms. The van der Waals surface area contributed by atoms with Crippen LogP contribution >= 0.6 is 0 Å². The molecule has 2 heterocycles. The molecule has 16 heavy (non-hydrogen) atoms. The van der Waals surface area contributed by atoms with Crippen molar-refractivity contribution in [1.82, 2.24) is 20.4 Å². The van der Waals surface area contributed by atoms with Crippen molar-refractivity contribution in [2.75, 3.05) is 0 Å². The molecular formula is C10H14N4OS. The van der Waals surface area contributed by atoms with Gasteiger partial charge in [-0.25, -0.2) is 4.21 Å². The average Bonchev–Trinajstić information content (AvgIpc) is 2.71. The summed E-state index contributed by atoms with van der Waals surface area (Å²) in [5.41, 5.74) is 3.23. The van der Waals surface area contributed by atoms with Gasteiger partial charge in [-0.15, -0.1) is 0 Å². The molecule has 0 saturated heterocycles. The molecule has 2 aromatic heterocycles. The summed E-state index contributed by atoms with van der Waals surface area (Å²) in [5.74, 6) is 0. The lowest BCUT2D eigenvalue weighted by atomic mass is 10.4. The number of nitrogens with zero attached hydrogens (tertiary/aromatic N) is 2. The van der Waals surface area contributed by atoms with Crippen LogP contribution in [0.15, 0.2) is 9.79 Å². The minimum Gasteiger partial charge on any atom is -0.281 e. The minimum atomic E-state index is -1.22. The van der Waals surface area contributed by atoms with Gasteiger partial charge in [-0.1, -0.05) is 0 Å². The third kappa shape index (κ3) is 1.59. The predicted molar refractivity (Wildman–Crippen MR) is 60.8 cm³/mol. The van der Waals surface area contributed by atoms with Crippen LogP contribution in [0.2, 0.25) is 0 Å². The Morgan fingerprint density at radius 2 is 1.25 bits per heavy atom. The molecule has 0 aromatic carbocycles. The summed E-state index contributed by atoms with van der Waals surface area (Å²) in [5, 5.41) is 13.8. The average molecular weight is 238 g/mol. The molecule has 0 atom stereocenters. The summed E-state index contributed by atoms with van der Waals surface area (Å²) in [7, 11) is -1.22. The molecule has 0 aliphatic heterocycles. The quantitative estimate of drug-likeness (QED) is 0.833. The normalized spacial score (nSPS) is 11.3. The zero-order valence-electron chi connectivity index (χ0n) is 9.71. The highest BCUT2D eigenvalue weighted by molar-refractivity contribution is 7.85. The van der Waals surface area contributed by atoms with Gasteiger partial charge in [0.2, 0.25) is 0 Å². The Kier molecular flexibility index (Phi) is 2.67. The van der Waals surface area contributed by atoms with E-state index in [1.165, 1.54) is 0 Å². The van der Waals surface area contributed by atoms with Gasteiger partial charge in [0.15, 0.2) is 0 Å². The molecule has 0 radical (unpaired) electrons. The smallest absolute Gasteiger partial charge is 0.0924 e. The second-order valence-corrected chi connectivity index (χ2v) is 5.15. The van der Waals surface area contributed by atoms with E-state index < -0.39 is 10.8 Å². The van der Waals surface area contributed by atoms with E-state index in [9.17, 15) is 4.21 Å². The number of aryl methyl sites for hydroxylation is 4. The third-order valence-corrected chi connectivity index (χ3v) is 4.44. The second-order valence-electron chi connectivity index (χ2n) is 3.80. The van der Waals surface area contributed by atoms with Crippen molar-refractivity contribution < 1.29 is 4.21 Å². The summed E-state index contributed by atoms with van der Waals surface area (Å²) >= 11 is 0. The first-order valence-corrected chi connectivity index (χ1v) is 6.12. The number of hydrogen-bond donors (Lipinski definition) is 2. The maximum Gasteiger partial charge on any atom is 0.0924 e. The standard InChI is InChI=1S/C10H14N4OS/c1-5-9(6(2)12-11-5)16(15)10-7(3)13-14-8(10)4/h1-4H3,(H,11,12)(H,13,14). The minimum absolute atomic E-state index is 0.757. The maximum atomic E-state index is 12.4. The van der Waals surface area contributed by atoms with E-state index in [1.54, 1.807) is 0 Å². The highest BCUT2D eigenvalue weighted by Crippen LogP contribution is 2.24. The number of aromatic nitrogens is 4. The Bertz CT molecular complexity index is 468. The van der Waals surface area contributed by atoms with Gasteiger partial charge in [0.1, 0.15) is 0 Å². The summed E-state index contributed by atoms with van der Waals surface area (Å²) in [4.78, 5) is 1.51. The van der Waals surface area contributed by atoms with Crippen molar-refractivity contribution in [3.05, 3.63) is 22.8 Å².